The maximum absolute atomic E-state index is 12.2. The topological polar surface area (TPSA) is 37.4 Å². The van der Waals surface area contributed by atoms with Gasteiger partial charge in [-0.05, 0) is 12.1 Å². The molecule has 0 aromatic heterocycles. The minimum Gasteiger partial charge on any atom is -0.301 e. The van der Waals surface area contributed by atoms with Crippen LogP contribution >= 0.6 is 0 Å². The van der Waals surface area contributed by atoms with Gasteiger partial charge in [0.1, 0.15) is 5.70 Å². The predicted molar refractivity (Wildman–Crippen MR) is 74.1 cm³/mol. The number of amides is 1. The quantitative estimate of drug-likeness (QED) is 0.786. The van der Waals surface area contributed by atoms with Gasteiger partial charge < -0.3 is 4.90 Å². The highest BCUT2D eigenvalue weighted by Gasteiger charge is 2.17. The van der Waals surface area contributed by atoms with E-state index in [0.717, 1.165) is 0 Å². The minimum absolute atomic E-state index is 0.231. The molecule has 0 aliphatic rings. The molecule has 0 aliphatic heterocycles. The number of nitrogens with zero attached hydrogens (tertiary/aromatic N) is 1. The van der Waals surface area contributed by atoms with Crippen molar-refractivity contribution in [3.05, 3.63) is 71.8 Å². The maximum atomic E-state index is 12.2. The predicted octanol–water partition coefficient (Wildman–Crippen LogP) is 2.63. The highest BCUT2D eigenvalue weighted by Crippen LogP contribution is 2.17. The summed E-state index contributed by atoms with van der Waals surface area (Å²) in [5.41, 5.74) is 1.44. The molecule has 3 nitrogen and oxygen atoms in total. The number of hydrogen-bond donors (Lipinski definition) is 0. The van der Waals surface area contributed by atoms with Gasteiger partial charge in [-0.25, -0.2) is 4.79 Å². The summed E-state index contributed by atoms with van der Waals surface area (Å²) in [6, 6.07) is 17.9. The zero-order valence-corrected chi connectivity index (χ0v) is 10.5. The largest absolute Gasteiger partial charge is 0.301 e. The van der Waals surface area contributed by atoms with Gasteiger partial charge in [0.05, 0.1) is 0 Å². The Morgan fingerprint density at radius 3 is 1.84 bits per heavy atom. The van der Waals surface area contributed by atoms with Gasteiger partial charge in [0.25, 0.3) is 5.91 Å². The van der Waals surface area contributed by atoms with E-state index < -0.39 is 0 Å². The minimum atomic E-state index is -0.234. The van der Waals surface area contributed by atoms with Crippen molar-refractivity contribution in [1.29, 1.82) is 0 Å². The van der Waals surface area contributed by atoms with Crippen LogP contribution in [0.4, 0.5) is 0 Å². The Hall–Kier alpha value is -2.64. The molecule has 0 radical (unpaired) electrons. The van der Waals surface area contributed by atoms with Gasteiger partial charge in [0.2, 0.25) is 0 Å². The highest BCUT2D eigenvalue weighted by atomic mass is 16.2. The van der Waals surface area contributed by atoms with Gasteiger partial charge >= 0.3 is 0 Å². The Bertz CT molecular complexity index is 614. The van der Waals surface area contributed by atoms with E-state index in [2.05, 4.69) is 0 Å². The summed E-state index contributed by atoms with van der Waals surface area (Å²) in [5, 5.41) is 0. The van der Waals surface area contributed by atoms with Crippen molar-refractivity contribution in [2.75, 3.05) is 7.05 Å². The number of carbonyl (C=O) groups is 1. The van der Waals surface area contributed by atoms with Crippen molar-refractivity contribution in [1.82, 2.24) is 4.90 Å². The standard InChI is InChI=1S/C16H13NO2/c1-17(16(19)14-10-6-3-7-11-14)15(12-18)13-8-4-2-5-9-13/h2-11H,1H3. The van der Waals surface area contributed by atoms with Crippen LogP contribution in [0, 0.1) is 0 Å². The maximum Gasteiger partial charge on any atom is 0.258 e. The van der Waals surface area contributed by atoms with Crippen molar-refractivity contribution in [2.24, 2.45) is 0 Å². The Labute approximate surface area is 111 Å². The van der Waals surface area contributed by atoms with Gasteiger partial charge in [-0.15, -0.1) is 0 Å². The second-order valence-electron chi connectivity index (χ2n) is 4.05. The van der Waals surface area contributed by atoms with E-state index in [4.69, 9.17) is 0 Å². The van der Waals surface area contributed by atoms with Crippen LogP contribution in [0.3, 0.4) is 0 Å². The van der Waals surface area contributed by atoms with E-state index in [1.165, 1.54) is 4.90 Å². The molecule has 0 heterocycles. The number of benzene rings is 2. The first-order chi connectivity index (χ1) is 9.24. The van der Waals surface area contributed by atoms with Crippen LogP contribution in [0.2, 0.25) is 0 Å². The molecule has 19 heavy (non-hydrogen) atoms. The first-order valence-corrected chi connectivity index (χ1v) is 5.87. The molecule has 0 fully saturated rings. The van der Waals surface area contributed by atoms with E-state index in [-0.39, 0.29) is 11.6 Å². The van der Waals surface area contributed by atoms with Crippen LogP contribution in [-0.2, 0) is 4.79 Å². The molecule has 1 amide bonds. The van der Waals surface area contributed by atoms with Gasteiger partial charge in [0.15, 0.2) is 5.94 Å². The van der Waals surface area contributed by atoms with E-state index in [1.54, 1.807) is 43.4 Å². The average molecular weight is 251 g/mol. The van der Waals surface area contributed by atoms with E-state index in [9.17, 15) is 9.59 Å². The van der Waals surface area contributed by atoms with Crippen LogP contribution in [0.25, 0.3) is 5.70 Å². The molecule has 2 aromatic carbocycles. The molecule has 0 N–H and O–H groups in total. The molecule has 0 bridgehead atoms. The third-order valence-electron chi connectivity index (χ3n) is 2.80. The first-order valence-electron chi connectivity index (χ1n) is 5.87. The monoisotopic (exact) mass is 251 g/mol. The number of carbonyl (C=O) groups excluding carboxylic acids is 2. The van der Waals surface area contributed by atoms with Crippen LogP contribution in [0.15, 0.2) is 60.7 Å². The number of rotatable bonds is 3. The van der Waals surface area contributed by atoms with Crippen molar-refractivity contribution in [3.8, 4) is 0 Å². The zero-order valence-electron chi connectivity index (χ0n) is 10.5. The summed E-state index contributed by atoms with van der Waals surface area (Å²) in [5.74, 6) is 1.61. The van der Waals surface area contributed by atoms with Crippen molar-refractivity contribution in [3.63, 3.8) is 0 Å². The van der Waals surface area contributed by atoms with Crippen LogP contribution in [0.5, 0.6) is 0 Å². The summed E-state index contributed by atoms with van der Waals surface area (Å²) in [6.45, 7) is 0. The van der Waals surface area contributed by atoms with Crippen LogP contribution in [-0.4, -0.2) is 23.8 Å². The van der Waals surface area contributed by atoms with Crippen molar-refractivity contribution >= 4 is 17.5 Å². The summed E-state index contributed by atoms with van der Waals surface area (Å²) in [6.07, 6.45) is 0. The van der Waals surface area contributed by atoms with E-state index in [0.29, 0.717) is 11.1 Å². The lowest BCUT2D eigenvalue weighted by molar-refractivity contribution is 0.0861. The molecule has 0 aliphatic carbocycles. The molecule has 2 rings (SSSR count). The van der Waals surface area contributed by atoms with Gasteiger partial charge in [-0.2, -0.15) is 0 Å². The lowest BCUT2D eigenvalue weighted by Gasteiger charge is -2.18. The Morgan fingerprint density at radius 1 is 0.895 bits per heavy atom. The fraction of sp³-hybridized carbons (Fsp3) is 0.0625. The lowest BCUT2D eigenvalue weighted by atomic mass is 10.1. The van der Waals surface area contributed by atoms with Gasteiger partial charge in [-0.3, -0.25) is 4.79 Å². The first kappa shape index (κ1) is 12.8. The highest BCUT2D eigenvalue weighted by molar-refractivity contribution is 6.03. The smallest absolute Gasteiger partial charge is 0.258 e. The number of hydrogen-bond acceptors (Lipinski definition) is 2. The van der Waals surface area contributed by atoms with E-state index >= 15 is 0 Å². The zero-order chi connectivity index (χ0) is 13.7. The lowest BCUT2D eigenvalue weighted by Crippen LogP contribution is -2.25. The summed E-state index contributed by atoms with van der Waals surface area (Å²) >= 11 is 0. The van der Waals surface area contributed by atoms with Gasteiger partial charge in [0, 0.05) is 18.2 Å². The molecule has 0 saturated carbocycles. The van der Waals surface area contributed by atoms with Crippen molar-refractivity contribution < 1.29 is 9.59 Å². The second-order valence-corrected chi connectivity index (χ2v) is 4.05. The fourth-order valence-corrected chi connectivity index (χ4v) is 1.79. The summed E-state index contributed by atoms with van der Waals surface area (Å²) in [7, 11) is 1.57. The molecule has 0 saturated heterocycles. The van der Waals surface area contributed by atoms with Crippen LogP contribution < -0.4 is 0 Å². The molecule has 2 aromatic rings. The summed E-state index contributed by atoms with van der Waals surface area (Å²) < 4.78 is 0. The van der Waals surface area contributed by atoms with Crippen molar-refractivity contribution in [2.45, 2.75) is 0 Å². The molecule has 3 heteroatoms. The normalized spacial score (nSPS) is 9.53. The molecule has 0 atom stereocenters. The summed E-state index contributed by atoms with van der Waals surface area (Å²) in [4.78, 5) is 24.7. The van der Waals surface area contributed by atoms with E-state index in [1.807, 2.05) is 30.2 Å². The third-order valence-corrected chi connectivity index (χ3v) is 2.80. The second kappa shape index (κ2) is 5.80. The third kappa shape index (κ3) is 2.79. The molecular weight excluding hydrogens is 238 g/mol. The van der Waals surface area contributed by atoms with Crippen LogP contribution in [0.1, 0.15) is 15.9 Å². The molecular formula is C16H13NO2. The Morgan fingerprint density at radius 2 is 1.37 bits per heavy atom. The SMILES string of the molecule is CN(C(=O)c1ccccc1)C(=C=O)c1ccccc1. The Balaban J connectivity index is 2.31. The molecule has 0 unspecified atom stereocenters. The van der Waals surface area contributed by atoms with Gasteiger partial charge in [-0.1, -0.05) is 48.5 Å². The Kier molecular flexibility index (Phi) is 3.91. The molecule has 0 spiro atoms. The fourth-order valence-electron chi connectivity index (χ4n) is 1.79. The molecule has 94 valence electrons. The average Bonchev–Trinajstić information content (AvgIpc) is 2.49.